The number of likely N-dealkylation sites (tertiary alicyclic amines) is 1. The average Bonchev–Trinajstić information content (AvgIpc) is 2.45. The first-order valence-corrected chi connectivity index (χ1v) is 7.80. The number of halogens is 1. The van der Waals surface area contributed by atoms with Gasteiger partial charge in [-0.2, -0.15) is 0 Å². The summed E-state index contributed by atoms with van der Waals surface area (Å²) in [7, 11) is 0. The van der Waals surface area contributed by atoms with Gasteiger partial charge < -0.3 is 9.64 Å². The number of ether oxygens (including phenoxy) is 1. The fourth-order valence-electron chi connectivity index (χ4n) is 2.59. The Morgan fingerprint density at radius 3 is 2.68 bits per heavy atom. The molecule has 1 heterocycles. The van der Waals surface area contributed by atoms with Crippen LogP contribution in [-0.4, -0.2) is 37.0 Å². The highest BCUT2D eigenvalue weighted by Gasteiger charge is 2.19. The van der Waals surface area contributed by atoms with Gasteiger partial charge in [-0.1, -0.05) is 18.2 Å². The van der Waals surface area contributed by atoms with Crippen molar-refractivity contribution in [1.82, 2.24) is 4.90 Å². The molecule has 19 heavy (non-hydrogen) atoms. The Hall–Kier alpha value is -0.730. The third-order valence-electron chi connectivity index (χ3n) is 3.88. The monoisotopic (exact) mass is 281 g/mol. The Kier molecular flexibility index (Phi) is 5.99. The minimum Gasteiger partial charge on any atom is -0.493 e. The van der Waals surface area contributed by atoms with Gasteiger partial charge in [0.25, 0.3) is 0 Å². The predicted octanol–water partition coefficient (Wildman–Crippen LogP) is 3.71. The predicted molar refractivity (Wildman–Crippen MR) is 81.2 cm³/mol. The number of benzene rings is 1. The van der Waals surface area contributed by atoms with Crippen LogP contribution in [0.15, 0.2) is 24.3 Å². The highest BCUT2D eigenvalue weighted by molar-refractivity contribution is 6.17. The maximum Gasteiger partial charge on any atom is 0.122 e. The summed E-state index contributed by atoms with van der Waals surface area (Å²) in [5.74, 6) is 2.51. The molecular formula is C16H24ClNO. The first kappa shape index (κ1) is 14.7. The van der Waals surface area contributed by atoms with Gasteiger partial charge in [-0.15, -0.1) is 11.6 Å². The number of piperidine rings is 1. The van der Waals surface area contributed by atoms with Crippen LogP contribution in [0.25, 0.3) is 0 Å². The molecule has 0 radical (unpaired) electrons. The number of nitrogens with zero attached hydrogens (tertiary/aromatic N) is 1. The van der Waals surface area contributed by atoms with Gasteiger partial charge in [-0.05, 0) is 63.4 Å². The summed E-state index contributed by atoms with van der Waals surface area (Å²) < 4.78 is 5.95. The zero-order valence-electron chi connectivity index (χ0n) is 11.8. The minimum absolute atomic E-state index is 0.701. The van der Waals surface area contributed by atoms with Crippen molar-refractivity contribution in [2.24, 2.45) is 5.92 Å². The van der Waals surface area contributed by atoms with Gasteiger partial charge in [-0.25, -0.2) is 0 Å². The van der Waals surface area contributed by atoms with Crippen LogP contribution in [0.5, 0.6) is 5.75 Å². The molecule has 1 aliphatic rings. The maximum absolute atomic E-state index is 5.95. The van der Waals surface area contributed by atoms with Crippen LogP contribution in [0, 0.1) is 12.8 Å². The SMILES string of the molecule is Cc1ccccc1OCC1CCN(CCCCl)CC1. The van der Waals surface area contributed by atoms with E-state index in [1.165, 1.54) is 31.5 Å². The van der Waals surface area contributed by atoms with Crippen molar-refractivity contribution in [1.29, 1.82) is 0 Å². The Morgan fingerprint density at radius 1 is 1.26 bits per heavy atom. The van der Waals surface area contributed by atoms with Crippen molar-refractivity contribution in [3.63, 3.8) is 0 Å². The molecule has 1 aromatic carbocycles. The van der Waals surface area contributed by atoms with Crippen LogP contribution < -0.4 is 4.74 Å². The van der Waals surface area contributed by atoms with Gasteiger partial charge in [0.05, 0.1) is 6.61 Å². The van der Waals surface area contributed by atoms with Crippen molar-refractivity contribution in [3.8, 4) is 5.75 Å². The van der Waals surface area contributed by atoms with E-state index in [-0.39, 0.29) is 0 Å². The molecule has 0 saturated carbocycles. The van der Waals surface area contributed by atoms with Crippen molar-refractivity contribution >= 4 is 11.6 Å². The number of aryl methyl sites for hydroxylation is 1. The Balaban J connectivity index is 1.70. The highest BCUT2D eigenvalue weighted by Crippen LogP contribution is 2.21. The molecule has 2 nitrogen and oxygen atoms in total. The summed E-state index contributed by atoms with van der Waals surface area (Å²) in [5, 5.41) is 0. The summed E-state index contributed by atoms with van der Waals surface area (Å²) >= 11 is 5.74. The van der Waals surface area contributed by atoms with E-state index in [0.29, 0.717) is 5.92 Å². The Morgan fingerprint density at radius 2 is 2.00 bits per heavy atom. The standard InChI is InChI=1S/C16H24ClNO/c1-14-5-2-3-6-16(14)19-13-15-7-11-18(12-8-15)10-4-9-17/h2-3,5-6,15H,4,7-13H2,1H3. The fraction of sp³-hybridized carbons (Fsp3) is 0.625. The van der Waals surface area contributed by atoms with Gasteiger partial charge in [0.2, 0.25) is 0 Å². The second kappa shape index (κ2) is 7.76. The normalized spacial score (nSPS) is 17.6. The molecule has 0 aliphatic carbocycles. The molecular weight excluding hydrogens is 258 g/mol. The van der Waals surface area contributed by atoms with Crippen LogP contribution in [-0.2, 0) is 0 Å². The lowest BCUT2D eigenvalue weighted by Gasteiger charge is -2.31. The number of hydrogen-bond acceptors (Lipinski definition) is 2. The largest absolute Gasteiger partial charge is 0.493 e. The molecule has 0 bridgehead atoms. The van der Waals surface area contributed by atoms with Crippen LogP contribution in [0.1, 0.15) is 24.8 Å². The van der Waals surface area contributed by atoms with E-state index in [4.69, 9.17) is 16.3 Å². The van der Waals surface area contributed by atoms with Gasteiger partial charge in [0, 0.05) is 5.88 Å². The van der Waals surface area contributed by atoms with Gasteiger partial charge in [0.15, 0.2) is 0 Å². The van der Waals surface area contributed by atoms with Crippen LogP contribution in [0.2, 0.25) is 0 Å². The molecule has 1 saturated heterocycles. The number of alkyl halides is 1. The van der Waals surface area contributed by atoms with E-state index in [1.54, 1.807) is 0 Å². The molecule has 106 valence electrons. The van der Waals surface area contributed by atoms with E-state index in [0.717, 1.165) is 31.2 Å². The molecule has 1 fully saturated rings. The molecule has 0 aromatic heterocycles. The molecule has 0 N–H and O–H groups in total. The average molecular weight is 282 g/mol. The lowest BCUT2D eigenvalue weighted by molar-refractivity contribution is 0.141. The zero-order valence-corrected chi connectivity index (χ0v) is 12.5. The number of para-hydroxylation sites is 1. The molecule has 0 amide bonds. The summed E-state index contributed by atoms with van der Waals surface area (Å²) in [5.41, 5.74) is 1.22. The minimum atomic E-state index is 0.701. The Labute approximate surface area is 121 Å². The quantitative estimate of drug-likeness (QED) is 0.737. The summed E-state index contributed by atoms with van der Waals surface area (Å²) in [6.45, 7) is 6.49. The smallest absolute Gasteiger partial charge is 0.122 e. The summed E-state index contributed by atoms with van der Waals surface area (Å²) in [6, 6.07) is 8.25. The Bertz CT molecular complexity index is 375. The summed E-state index contributed by atoms with van der Waals surface area (Å²) in [6.07, 6.45) is 3.59. The van der Waals surface area contributed by atoms with E-state index in [2.05, 4.69) is 30.0 Å². The van der Waals surface area contributed by atoms with Crippen molar-refractivity contribution in [2.45, 2.75) is 26.2 Å². The van der Waals surface area contributed by atoms with E-state index in [1.807, 2.05) is 6.07 Å². The molecule has 2 rings (SSSR count). The highest BCUT2D eigenvalue weighted by atomic mass is 35.5. The molecule has 0 unspecified atom stereocenters. The third kappa shape index (κ3) is 4.70. The molecule has 3 heteroatoms. The molecule has 0 atom stereocenters. The van der Waals surface area contributed by atoms with Gasteiger partial charge in [-0.3, -0.25) is 0 Å². The number of hydrogen-bond donors (Lipinski definition) is 0. The van der Waals surface area contributed by atoms with E-state index in [9.17, 15) is 0 Å². The van der Waals surface area contributed by atoms with Crippen molar-refractivity contribution < 1.29 is 4.74 Å². The maximum atomic E-state index is 5.95. The van der Waals surface area contributed by atoms with Crippen LogP contribution in [0.3, 0.4) is 0 Å². The molecule has 1 aliphatic heterocycles. The van der Waals surface area contributed by atoms with Crippen molar-refractivity contribution in [3.05, 3.63) is 29.8 Å². The van der Waals surface area contributed by atoms with E-state index >= 15 is 0 Å². The zero-order chi connectivity index (χ0) is 13.5. The topological polar surface area (TPSA) is 12.5 Å². The van der Waals surface area contributed by atoms with Crippen LogP contribution >= 0.6 is 11.6 Å². The second-order valence-electron chi connectivity index (χ2n) is 5.40. The lowest BCUT2D eigenvalue weighted by Crippen LogP contribution is -2.36. The van der Waals surface area contributed by atoms with E-state index < -0.39 is 0 Å². The van der Waals surface area contributed by atoms with Gasteiger partial charge in [0.1, 0.15) is 5.75 Å². The van der Waals surface area contributed by atoms with Crippen molar-refractivity contribution in [2.75, 3.05) is 32.1 Å². The van der Waals surface area contributed by atoms with Crippen LogP contribution in [0.4, 0.5) is 0 Å². The number of rotatable bonds is 6. The summed E-state index contributed by atoms with van der Waals surface area (Å²) in [4.78, 5) is 2.52. The lowest BCUT2D eigenvalue weighted by atomic mass is 9.97. The molecule has 1 aromatic rings. The second-order valence-corrected chi connectivity index (χ2v) is 5.78. The molecule has 0 spiro atoms. The fourth-order valence-corrected chi connectivity index (χ4v) is 2.71. The first-order valence-electron chi connectivity index (χ1n) is 7.26. The third-order valence-corrected chi connectivity index (χ3v) is 4.15. The first-order chi connectivity index (χ1) is 9.29. The van der Waals surface area contributed by atoms with Gasteiger partial charge >= 0.3 is 0 Å².